The van der Waals surface area contributed by atoms with Crippen molar-refractivity contribution in [2.75, 3.05) is 12.3 Å². The molecule has 4 heteroatoms. The SMILES string of the molecule is CCSc1ccc(-c2cc(CCN)no2)cc1. The highest BCUT2D eigenvalue weighted by atomic mass is 32.2. The van der Waals surface area contributed by atoms with Crippen molar-refractivity contribution in [1.82, 2.24) is 5.16 Å². The summed E-state index contributed by atoms with van der Waals surface area (Å²) in [5.41, 5.74) is 7.45. The van der Waals surface area contributed by atoms with E-state index in [0.29, 0.717) is 6.54 Å². The summed E-state index contributed by atoms with van der Waals surface area (Å²) in [4.78, 5) is 1.28. The number of hydrogen-bond acceptors (Lipinski definition) is 4. The Bertz CT molecular complexity index is 465. The average molecular weight is 248 g/mol. The molecule has 0 amide bonds. The van der Waals surface area contributed by atoms with E-state index in [1.807, 2.05) is 17.8 Å². The summed E-state index contributed by atoms with van der Waals surface area (Å²) < 4.78 is 5.29. The molecule has 1 aromatic heterocycles. The van der Waals surface area contributed by atoms with Crippen LogP contribution in [0.1, 0.15) is 12.6 Å². The lowest BCUT2D eigenvalue weighted by Crippen LogP contribution is -2.02. The molecule has 0 unspecified atom stereocenters. The summed E-state index contributed by atoms with van der Waals surface area (Å²) in [6.07, 6.45) is 0.757. The first kappa shape index (κ1) is 12.2. The van der Waals surface area contributed by atoms with Crippen LogP contribution in [0.3, 0.4) is 0 Å². The fourth-order valence-electron chi connectivity index (χ4n) is 1.60. The van der Waals surface area contributed by atoms with Crippen LogP contribution in [0.5, 0.6) is 0 Å². The molecule has 0 bridgehead atoms. The van der Waals surface area contributed by atoms with Gasteiger partial charge in [-0.15, -0.1) is 11.8 Å². The maximum Gasteiger partial charge on any atom is 0.167 e. The number of aromatic nitrogens is 1. The van der Waals surface area contributed by atoms with Crippen LogP contribution in [-0.4, -0.2) is 17.5 Å². The van der Waals surface area contributed by atoms with Crippen molar-refractivity contribution in [3.63, 3.8) is 0 Å². The number of benzene rings is 1. The normalized spacial score (nSPS) is 10.7. The predicted octanol–water partition coefficient (Wildman–Crippen LogP) is 2.95. The molecule has 0 aliphatic heterocycles. The van der Waals surface area contributed by atoms with Crippen LogP contribution in [0, 0.1) is 0 Å². The maximum atomic E-state index is 5.48. The fourth-order valence-corrected chi connectivity index (χ4v) is 2.26. The number of hydrogen-bond donors (Lipinski definition) is 1. The molecule has 2 aromatic rings. The van der Waals surface area contributed by atoms with Gasteiger partial charge in [-0.05, 0) is 24.4 Å². The first-order valence-corrected chi connectivity index (χ1v) is 6.71. The minimum absolute atomic E-state index is 0.595. The van der Waals surface area contributed by atoms with Crippen LogP contribution < -0.4 is 5.73 Å². The van der Waals surface area contributed by atoms with E-state index in [1.165, 1.54) is 4.90 Å². The summed E-state index contributed by atoms with van der Waals surface area (Å²) in [6.45, 7) is 2.74. The molecule has 2 rings (SSSR count). The lowest BCUT2D eigenvalue weighted by molar-refractivity contribution is 0.423. The van der Waals surface area contributed by atoms with Gasteiger partial charge in [-0.1, -0.05) is 24.2 Å². The number of thioether (sulfide) groups is 1. The van der Waals surface area contributed by atoms with E-state index in [1.54, 1.807) is 0 Å². The van der Waals surface area contributed by atoms with Crippen LogP contribution >= 0.6 is 11.8 Å². The van der Waals surface area contributed by atoms with E-state index in [0.717, 1.165) is 29.2 Å². The van der Waals surface area contributed by atoms with Crippen LogP contribution in [0.25, 0.3) is 11.3 Å². The highest BCUT2D eigenvalue weighted by molar-refractivity contribution is 7.99. The second kappa shape index (κ2) is 5.89. The molecule has 17 heavy (non-hydrogen) atoms. The summed E-state index contributed by atoms with van der Waals surface area (Å²) in [5.74, 6) is 1.89. The predicted molar refractivity (Wildman–Crippen MR) is 71.1 cm³/mol. The Kier molecular flexibility index (Phi) is 4.23. The smallest absolute Gasteiger partial charge is 0.167 e. The van der Waals surface area contributed by atoms with E-state index in [4.69, 9.17) is 10.3 Å². The zero-order chi connectivity index (χ0) is 12.1. The van der Waals surface area contributed by atoms with E-state index >= 15 is 0 Å². The van der Waals surface area contributed by atoms with Gasteiger partial charge in [0.1, 0.15) is 0 Å². The summed E-state index contributed by atoms with van der Waals surface area (Å²) >= 11 is 1.83. The summed E-state index contributed by atoms with van der Waals surface area (Å²) in [6, 6.07) is 10.3. The van der Waals surface area contributed by atoms with Crippen molar-refractivity contribution in [2.24, 2.45) is 5.73 Å². The van der Waals surface area contributed by atoms with Gasteiger partial charge in [-0.3, -0.25) is 0 Å². The Morgan fingerprint density at radius 3 is 2.71 bits per heavy atom. The lowest BCUT2D eigenvalue weighted by Gasteiger charge is -1.99. The largest absolute Gasteiger partial charge is 0.356 e. The molecule has 0 saturated carbocycles. The fraction of sp³-hybridized carbons (Fsp3) is 0.308. The van der Waals surface area contributed by atoms with Crippen LogP contribution in [0.2, 0.25) is 0 Å². The first-order chi connectivity index (χ1) is 8.33. The standard InChI is InChI=1S/C13H16N2OS/c1-2-17-12-5-3-10(4-6-12)13-9-11(7-8-14)15-16-13/h3-6,9H,2,7-8,14H2,1H3. The molecule has 90 valence electrons. The molecule has 0 radical (unpaired) electrons. The van der Waals surface area contributed by atoms with Crippen molar-refractivity contribution in [3.05, 3.63) is 36.0 Å². The van der Waals surface area contributed by atoms with Gasteiger partial charge in [0.2, 0.25) is 0 Å². The molecule has 2 N–H and O–H groups in total. The third-order valence-corrected chi connectivity index (χ3v) is 3.30. The van der Waals surface area contributed by atoms with Crippen molar-refractivity contribution < 1.29 is 4.52 Å². The van der Waals surface area contributed by atoms with Gasteiger partial charge in [-0.2, -0.15) is 0 Å². The minimum atomic E-state index is 0.595. The van der Waals surface area contributed by atoms with Gasteiger partial charge in [0.25, 0.3) is 0 Å². The summed E-state index contributed by atoms with van der Waals surface area (Å²) in [5, 5.41) is 3.98. The molecule has 3 nitrogen and oxygen atoms in total. The molecule has 0 saturated heterocycles. The van der Waals surface area contributed by atoms with Crippen molar-refractivity contribution in [3.8, 4) is 11.3 Å². The van der Waals surface area contributed by atoms with E-state index in [9.17, 15) is 0 Å². The Morgan fingerprint density at radius 1 is 1.29 bits per heavy atom. The highest BCUT2D eigenvalue weighted by Crippen LogP contribution is 2.24. The number of nitrogens with zero attached hydrogens (tertiary/aromatic N) is 1. The molecule has 0 spiro atoms. The third-order valence-electron chi connectivity index (χ3n) is 2.41. The van der Waals surface area contributed by atoms with E-state index in [-0.39, 0.29) is 0 Å². The molecule has 1 heterocycles. The topological polar surface area (TPSA) is 52.0 Å². The Morgan fingerprint density at radius 2 is 2.06 bits per heavy atom. The van der Waals surface area contributed by atoms with Crippen LogP contribution in [-0.2, 0) is 6.42 Å². The lowest BCUT2D eigenvalue weighted by atomic mass is 10.1. The number of nitrogens with two attached hydrogens (primary N) is 1. The maximum absolute atomic E-state index is 5.48. The van der Waals surface area contributed by atoms with E-state index < -0.39 is 0 Å². The van der Waals surface area contributed by atoms with Crippen LogP contribution in [0.4, 0.5) is 0 Å². The molecular weight excluding hydrogens is 232 g/mol. The molecule has 0 aliphatic carbocycles. The zero-order valence-electron chi connectivity index (χ0n) is 9.85. The molecule has 0 atom stereocenters. The summed E-state index contributed by atoms with van der Waals surface area (Å²) in [7, 11) is 0. The first-order valence-electron chi connectivity index (χ1n) is 5.72. The van der Waals surface area contributed by atoms with Crippen LogP contribution in [0.15, 0.2) is 39.8 Å². The van der Waals surface area contributed by atoms with E-state index in [2.05, 4.69) is 36.3 Å². The molecule has 0 aliphatic rings. The second-order valence-electron chi connectivity index (χ2n) is 3.68. The molecular formula is C13H16N2OS. The second-order valence-corrected chi connectivity index (χ2v) is 5.02. The molecule has 0 fully saturated rings. The van der Waals surface area contributed by atoms with Crippen molar-refractivity contribution >= 4 is 11.8 Å². The van der Waals surface area contributed by atoms with Crippen molar-refractivity contribution in [1.29, 1.82) is 0 Å². The Hall–Kier alpha value is -1.26. The average Bonchev–Trinajstić information content (AvgIpc) is 2.80. The Labute approximate surface area is 105 Å². The van der Waals surface area contributed by atoms with Crippen molar-refractivity contribution in [2.45, 2.75) is 18.2 Å². The quantitative estimate of drug-likeness (QED) is 0.826. The zero-order valence-corrected chi connectivity index (χ0v) is 10.7. The van der Waals surface area contributed by atoms with Gasteiger partial charge < -0.3 is 10.3 Å². The Balaban J connectivity index is 2.15. The third kappa shape index (κ3) is 3.11. The number of rotatable bonds is 5. The molecule has 1 aromatic carbocycles. The van der Waals surface area contributed by atoms with Gasteiger partial charge in [0.15, 0.2) is 5.76 Å². The highest BCUT2D eigenvalue weighted by Gasteiger charge is 2.06. The van der Waals surface area contributed by atoms with Gasteiger partial charge >= 0.3 is 0 Å². The van der Waals surface area contributed by atoms with Gasteiger partial charge in [0.05, 0.1) is 5.69 Å². The minimum Gasteiger partial charge on any atom is -0.356 e. The van der Waals surface area contributed by atoms with Gasteiger partial charge in [-0.25, -0.2) is 0 Å². The van der Waals surface area contributed by atoms with Gasteiger partial charge in [0, 0.05) is 22.9 Å². The monoisotopic (exact) mass is 248 g/mol.